The van der Waals surface area contributed by atoms with Gasteiger partial charge in [-0.2, -0.15) is 94.1 Å². The minimum atomic E-state index is -1.09. The minimum absolute atomic E-state index is 0.0655. The molecule has 0 saturated heterocycles. The van der Waals surface area contributed by atoms with Gasteiger partial charge in [0, 0.05) is 88.0 Å². The molecule has 0 aromatic heterocycles. The van der Waals surface area contributed by atoms with E-state index in [1.165, 1.54) is 94.1 Å². The molecule has 0 bridgehead atoms. The van der Waals surface area contributed by atoms with Crippen LogP contribution in [0.15, 0.2) is 0 Å². The topological polar surface area (TPSA) is 298 Å². The van der Waals surface area contributed by atoms with Gasteiger partial charge in [0.1, 0.15) is 0 Å². The second kappa shape index (κ2) is 29.7. The summed E-state index contributed by atoms with van der Waals surface area (Å²) >= 11 is 10.6. The molecule has 8 N–H and O–H groups in total. The number of carbonyl (C=O) groups is 8. The number of aliphatic carboxylic acids is 8. The van der Waals surface area contributed by atoms with Gasteiger partial charge in [-0.1, -0.05) is 0 Å². The van der Waals surface area contributed by atoms with Crippen LogP contribution in [0.2, 0.25) is 0 Å². The first-order valence-corrected chi connectivity index (χ1v) is 26.0. The lowest BCUT2D eigenvalue weighted by Crippen LogP contribution is -2.53. The summed E-state index contributed by atoms with van der Waals surface area (Å²) < 4.78 is -1.01. The zero-order valence-electron chi connectivity index (χ0n) is 30.8. The Kier molecular flexibility index (Phi) is 27.9. The third kappa shape index (κ3) is 22.7. The van der Waals surface area contributed by atoms with Crippen LogP contribution in [0, 0.1) is 0 Å². The van der Waals surface area contributed by atoms with E-state index in [4.69, 9.17) is 0 Å². The summed E-state index contributed by atoms with van der Waals surface area (Å²) in [4.78, 5) is 93.7. The van der Waals surface area contributed by atoms with Crippen molar-refractivity contribution in [1.29, 1.82) is 0 Å². The molecule has 1 saturated carbocycles. The van der Waals surface area contributed by atoms with Crippen LogP contribution in [0.1, 0.15) is 57.8 Å². The van der Waals surface area contributed by atoms with Crippen LogP contribution in [-0.2, 0) is 38.4 Å². The van der Waals surface area contributed by atoms with Gasteiger partial charge in [-0.05, 0) is 6.42 Å². The molecule has 57 heavy (non-hydrogen) atoms. The van der Waals surface area contributed by atoms with Crippen LogP contribution in [0.5, 0.6) is 0 Å². The fourth-order valence-corrected chi connectivity index (χ4v) is 20.0. The maximum Gasteiger partial charge on any atom is 0.304 e. The number of hydrogen-bond acceptors (Lipinski definition) is 16. The SMILES string of the molecule is O=C(O)CCSCC(SCCC(=O)O)C(SCCC(=O)O)C(SCCC(=O)O)C1(SCCC(=O)O)CC(SCCC(=O)O)C(SCCC(=O)O)C1SCCC(=O)O. The normalized spacial score (nSPS) is 20.7. The van der Waals surface area contributed by atoms with Gasteiger partial charge >= 0.3 is 47.8 Å². The average Bonchev–Trinajstić information content (AvgIpc) is 3.37. The number of carboxylic acids is 8. The number of carboxylic acid groups (broad SMARTS) is 8. The molecular weight excluding hydrogens is 909 g/mol. The Hall–Kier alpha value is -1.44. The third-order valence-electron chi connectivity index (χ3n) is 8.02. The summed E-state index contributed by atoms with van der Waals surface area (Å²) in [6.45, 7) is 0. The third-order valence-corrected chi connectivity index (χ3v) is 20.5. The van der Waals surface area contributed by atoms with Crippen LogP contribution in [0.25, 0.3) is 0 Å². The minimum Gasteiger partial charge on any atom is -0.481 e. The lowest BCUT2D eigenvalue weighted by atomic mass is 9.97. The van der Waals surface area contributed by atoms with E-state index in [-0.39, 0.29) is 103 Å². The van der Waals surface area contributed by atoms with Gasteiger partial charge < -0.3 is 40.9 Å². The maximum atomic E-state index is 11.9. The molecule has 7 atom stereocenters. The average molecular weight is 959 g/mol. The fraction of sp³-hybridized carbons (Fsp3) is 0.758. The van der Waals surface area contributed by atoms with Gasteiger partial charge in [0.2, 0.25) is 0 Å². The van der Waals surface area contributed by atoms with Crippen LogP contribution in [0.3, 0.4) is 0 Å². The van der Waals surface area contributed by atoms with E-state index in [0.717, 1.165) is 0 Å². The standard InChI is InChI=1S/C33H50O16S8/c34-21(35)1-9-50-18-20(52-11-3-23(38)39)30(54-13-5-25(42)43)32(56-15-7-27(46)47)33(57-16-8-28(48)49)17-19(51-10-2-22(36)37)29(53-12-4-24(40)41)31(33)55-14-6-26(44)45/h19-20,29-32H,1-18H2,(H,34,35)(H,36,37)(H,38,39)(H,40,41)(H,42,43)(H,44,45)(H,46,47)(H,48,49). The van der Waals surface area contributed by atoms with Crippen LogP contribution in [-0.4, -0.2) is 177 Å². The molecule has 24 heteroatoms. The number of hydrogen-bond donors (Lipinski definition) is 8. The number of thioether (sulfide) groups is 8. The zero-order chi connectivity index (χ0) is 43.0. The summed E-state index contributed by atoms with van der Waals surface area (Å²) in [5.74, 6) is -7.19. The Labute approximate surface area is 364 Å². The monoisotopic (exact) mass is 958 g/mol. The Bertz CT molecular complexity index is 1340. The molecule has 0 aromatic rings. The lowest BCUT2D eigenvalue weighted by Gasteiger charge is -2.47. The van der Waals surface area contributed by atoms with Gasteiger partial charge in [0.25, 0.3) is 0 Å². The summed E-state index contributed by atoms with van der Waals surface area (Å²) in [6.07, 6.45) is -1.55. The molecule has 0 amide bonds. The lowest BCUT2D eigenvalue weighted by molar-refractivity contribution is -0.137. The van der Waals surface area contributed by atoms with Crippen molar-refractivity contribution in [2.45, 2.75) is 94.0 Å². The van der Waals surface area contributed by atoms with E-state index in [9.17, 15) is 79.2 Å². The molecule has 0 spiro atoms. The zero-order valence-corrected chi connectivity index (χ0v) is 37.3. The van der Waals surface area contributed by atoms with Gasteiger partial charge in [0.15, 0.2) is 0 Å². The smallest absolute Gasteiger partial charge is 0.304 e. The molecular formula is C33H50O16S8. The van der Waals surface area contributed by atoms with Gasteiger partial charge in [-0.3, -0.25) is 38.4 Å². The molecule has 16 nitrogen and oxygen atoms in total. The molecule has 1 fully saturated rings. The van der Waals surface area contributed by atoms with Crippen molar-refractivity contribution < 1.29 is 79.2 Å². The molecule has 1 aliphatic rings. The van der Waals surface area contributed by atoms with E-state index >= 15 is 0 Å². The molecule has 326 valence electrons. The molecule has 0 heterocycles. The van der Waals surface area contributed by atoms with Crippen molar-refractivity contribution in [1.82, 2.24) is 0 Å². The Morgan fingerprint density at radius 1 is 0.474 bits per heavy atom. The maximum absolute atomic E-state index is 11.9. The summed E-state index contributed by atoms with van der Waals surface area (Å²) in [5.41, 5.74) is 0. The first kappa shape index (κ1) is 53.6. The van der Waals surface area contributed by atoms with Crippen LogP contribution < -0.4 is 0 Å². The van der Waals surface area contributed by atoms with Crippen LogP contribution in [0.4, 0.5) is 0 Å². The molecule has 1 aliphatic carbocycles. The number of rotatable bonds is 36. The van der Waals surface area contributed by atoms with Crippen molar-refractivity contribution in [3.63, 3.8) is 0 Å². The van der Waals surface area contributed by atoms with Gasteiger partial charge in [-0.15, -0.1) is 0 Å². The molecule has 0 radical (unpaired) electrons. The highest BCUT2D eigenvalue weighted by Crippen LogP contribution is 2.61. The summed E-state index contributed by atoms with van der Waals surface area (Å²) in [7, 11) is 0. The van der Waals surface area contributed by atoms with Crippen molar-refractivity contribution in [2.24, 2.45) is 0 Å². The second-order valence-corrected chi connectivity index (χ2v) is 22.7. The highest BCUT2D eigenvalue weighted by Gasteiger charge is 2.60. The molecule has 7 unspecified atom stereocenters. The predicted molar refractivity (Wildman–Crippen MR) is 233 cm³/mol. The first-order chi connectivity index (χ1) is 26.9. The first-order valence-electron chi connectivity index (χ1n) is 17.5. The molecule has 0 aliphatic heterocycles. The summed E-state index contributed by atoms with van der Waals surface area (Å²) in [5, 5.41) is 73.7. The van der Waals surface area contributed by atoms with Gasteiger partial charge in [-0.25, -0.2) is 0 Å². The van der Waals surface area contributed by atoms with Crippen molar-refractivity contribution in [2.75, 3.05) is 51.8 Å². The van der Waals surface area contributed by atoms with E-state index in [1.54, 1.807) is 0 Å². The second-order valence-electron chi connectivity index (χ2n) is 12.3. The Morgan fingerprint density at radius 2 is 0.877 bits per heavy atom. The molecule has 1 rings (SSSR count). The van der Waals surface area contributed by atoms with Gasteiger partial charge in [0.05, 0.1) is 51.4 Å². The molecule has 0 aromatic carbocycles. The highest BCUT2D eigenvalue weighted by molar-refractivity contribution is 8.09. The van der Waals surface area contributed by atoms with E-state index < -0.39 is 78.8 Å². The largest absolute Gasteiger partial charge is 0.481 e. The van der Waals surface area contributed by atoms with Crippen LogP contribution >= 0.6 is 94.1 Å². The fourth-order valence-electron chi connectivity index (χ4n) is 5.64. The highest BCUT2D eigenvalue weighted by atomic mass is 32.2. The Morgan fingerprint density at radius 3 is 1.39 bits per heavy atom. The summed E-state index contributed by atoms with van der Waals surface area (Å²) in [6, 6.07) is 0. The van der Waals surface area contributed by atoms with E-state index in [2.05, 4.69) is 0 Å². The van der Waals surface area contributed by atoms with Crippen molar-refractivity contribution >= 4 is 142 Å². The van der Waals surface area contributed by atoms with E-state index in [0.29, 0.717) is 12.2 Å². The quantitative estimate of drug-likeness (QED) is 0.0383. The van der Waals surface area contributed by atoms with Crippen molar-refractivity contribution in [3.05, 3.63) is 0 Å². The van der Waals surface area contributed by atoms with E-state index in [1.807, 2.05) is 0 Å². The predicted octanol–water partition coefficient (Wildman–Crippen LogP) is 5.00. The Balaban J connectivity index is 4.18. The van der Waals surface area contributed by atoms with Crippen molar-refractivity contribution in [3.8, 4) is 0 Å².